The second-order valence-electron chi connectivity index (χ2n) is 6.58. The van der Waals surface area contributed by atoms with Crippen LogP contribution in [-0.2, 0) is 11.3 Å². The zero-order chi connectivity index (χ0) is 18.6. The molecule has 3 N–H and O–H groups in total. The van der Waals surface area contributed by atoms with E-state index in [2.05, 4.69) is 34.7 Å². The molecule has 1 aliphatic rings. The lowest BCUT2D eigenvalue weighted by Gasteiger charge is -2.21. The molecule has 0 radical (unpaired) electrons. The number of likely N-dealkylation sites (tertiary alicyclic amines) is 1. The summed E-state index contributed by atoms with van der Waals surface area (Å²) in [6.07, 6.45) is 2.92. The van der Waals surface area contributed by atoms with Crippen molar-refractivity contribution in [2.75, 3.05) is 32.7 Å². The molecule has 0 aliphatic carbocycles. The Morgan fingerprint density at radius 2 is 2.00 bits per heavy atom. The molecule has 0 bridgehead atoms. The lowest BCUT2D eigenvalue weighted by molar-refractivity contribution is -0.121. The molecule has 6 nitrogen and oxygen atoms in total. The fraction of sp³-hybridized carbons (Fsp3) is 0.600. The standard InChI is InChI=1S/C20H33N5O/c1-3-21-20(24-16-18-11-8-14-25(18)4-2)22-13-12-19(26)23-15-17-9-6-5-7-10-17/h5-7,9-10,18H,3-4,8,11-16H2,1-2H3,(H,23,26)(H2,21,22,24). The first-order valence-corrected chi connectivity index (χ1v) is 9.79. The molecule has 2 rings (SSSR count). The monoisotopic (exact) mass is 359 g/mol. The van der Waals surface area contributed by atoms with Gasteiger partial charge in [-0.25, -0.2) is 0 Å². The molecule has 1 aliphatic heterocycles. The maximum atomic E-state index is 12.0. The van der Waals surface area contributed by atoms with Crippen LogP contribution in [-0.4, -0.2) is 55.5 Å². The van der Waals surface area contributed by atoms with Crippen molar-refractivity contribution < 1.29 is 4.79 Å². The number of guanidine groups is 1. The van der Waals surface area contributed by atoms with Gasteiger partial charge in [-0.15, -0.1) is 0 Å². The average Bonchev–Trinajstić information content (AvgIpc) is 3.13. The highest BCUT2D eigenvalue weighted by atomic mass is 16.1. The van der Waals surface area contributed by atoms with E-state index in [1.807, 2.05) is 30.3 Å². The summed E-state index contributed by atoms with van der Waals surface area (Å²) in [5.74, 6) is 0.844. The van der Waals surface area contributed by atoms with Gasteiger partial charge in [0, 0.05) is 32.1 Å². The summed E-state index contributed by atoms with van der Waals surface area (Å²) in [7, 11) is 0. The zero-order valence-electron chi connectivity index (χ0n) is 16.1. The summed E-state index contributed by atoms with van der Waals surface area (Å²) in [5.41, 5.74) is 1.11. The summed E-state index contributed by atoms with van der Waals surface area (Å²) in [6.45, 7) is 9.31. The minimum Gasteiger partial charge on any atom is -0.357 e. The maximum absolute atomic E-state index is 12.0. The maximum Gasteiger partial charge on any atom is 0.222 e. The number of likely N-dealkylation sites (N-methyl/N-ethyl adjacent to an activating group) is 1. The van der Waals surface area contributed by atoms with Crippen molar-refractivity contribution in [1.29, 1.82) is 0 Å². The van der Waals surface area contributed by atoms with Crippen LogP contribution in [0.1, 0.15) is 38.7 Å². The SMILES string of the molecule is CCNC(=NCC1CCCN1CC)NCCC(=O)NCc1ccccc1. The highest BCUT2D eigenvalue weighted by Gasteiger charge is 2.22. The first kappa shape index (κ1) is 20.2. The van der Waals surface area contributed by atoms with Crippen molar-refractivity contribution in [2.24, 2.45) is 4.99 Å². The van der Waals surface area contributed by atoms with Crippen molar-refractivity contribution >= 4 is 11.9 Å². The molecule has 0 spiro atoms. The Bertz CT molecular complexity index is 561. The van der Waals surface area contributed by atoms with E-state index in [0.717, 1.165) is 31.2 Å². The zero-order valence-corrected chi connectivity index (χ0v) is 16.1. The van der Waals surface area contributed by atoms with Gasteiger partial charge in [0.15, 0.2) is 5.96 Å². The van der Waals surface area contributed by atoms with Crippen LogP contribution < -0.4 is 16.0 Å². The van der Waals surface area contributed by atoms with Crippen molar-refractivity contribution in [2.45, 2.75) is 45.7 Å². The van der Waals surface area contributed by atoms with Gasteiger partial charge in [0.05, 0.1) is 6.54 Å². The van der Waals surface area contributed by atoms with Crippen molar-refractivity contribution in [3.05, 3.63) is 35.9 Å². The van der Waals surface area contributed by atoms with E-state index in [-0.39, 0.29) is 5.91 Å². The van der Waals surface area contributed by atoms with Gasteiger partial charge in [0.25, 0.3) is 0 Å². The van der Waals surface area contributed by atoms with Crippen LogP contribution in [0.3, 0.4) is 0 Å². The highest BCUT2D eigenvalue weighted by molar-refractivity contribution is 5.81. The van der Waals surface area contributed by atoms with Gasteiger partial charge in [-0.2, -0.15) is 0 Å². The average molecular weight is 360 g/mol. The van der Waals surface area contributed by atoms with Gasteiger partial charge in [-0.3, -0.25) is 14.7 Å². The third-order valence-electron chi connectivity index (χ3n) is 4.69. The molecule has 1 aromatic rings. The molecule has 1 aromatic carbocycles. The number of nitrogens with one attached hydrogen (secondary N) is 3. The Morgan fingerprint density at radius 3 is 2.73 bits per heavy atom. The third-order valence-corrected chi connectivity index (χ3v) is 4.69. The Morgan fingerprint density at radius 1 is 1.19 bits per heavy atom. The van der Waals surface area contributed by atoms with E-state index in [1.165, 1.54) is 19.4 Å². The van der Waals surface area contributed by atoms with Gasteiger partial charge in [0.1, 0.15) is 0 Å². The minimum atomic E-state index is 0.0464. The van der Waals surface area contributed by atoms with Crippen molar-refractivity contribution in [3.8, 4) is 0 Å². The van der Waals surface area contributed by atoms with Crippen LogP contribution in [0.25, 0.3) is 0 Å². The lowest BCUT2D eigenvalue weighted by Crippen LogP contribution is -2.40. The quantitative estimate of drug-likeness (QED) is 0.464. The predicted octanol–water partition coefficient (Wildman–Crippen LogP) is 1.73. The van der Waals surface area contributed by atoms with Crippen LogP contribution in [0, 0.1) is 0 Å². The fourth-order valence-electron chi connectivity index (χ4n) is 3.24. The second-order valence-corrected chi connectivity index (χ2v) is 6.58. The van der Waals surface area contributed by atoms with Crippen LogP contribution in [0.15, 0.2) is 35.3 Å². The number of amides is 1. The van der Waals surface area contributed by atoms with Crippen LogP contribution in [0.4, 0.5) is 0 Å². The molecular weight excluding hydrogens is 326 g/mol. The van der Waals surface area contributed by atoms with E-state index in [9.17, 15) is 4.79 Å². The van der Waals surface area contributed by atoms with Gasteiger partial charge < -0.3 is 16.0 Å². The summed E-state index contributed by atoms with van der Waals surface area (Å²) in [6, 6.07) is 10.5. The molecule has 0 saturated carbocycles. The normalized spacial score (nSPS) is 17.9. The number of carbonyl (C=O) groups excluding carboxylic acids is 1. The second kappa shape index (κ2) is 11.5. The summed E-state index contributed by atoms with van der Waals surface area (Å²) >= 11 is 0. The molecule has 144 valence electrons. The van der Waals surface area contributed by atoms with E-state index in [0.29, 0.717) is 25.6 Å². The topological polar surface area (TPSA) is 68.8 Å². The third kappa shape index (κ3) is 7.04. The molecule has 1 heterocycles. The van der Waals surface area contributed by atoms with Gasteiger partial charge >= 0.3 is 0 Å². The van der Waals surface area contributed by atoms with E-state index in [4.69, 9.17) is 4.99 Å². The van der Waals surface area contributed by atoms with E-state index in [1.54, 1.807) is 0 Å². The molecule has 6 heteroatoms. The Labute approximate surface area is 157 Å². The number of hydrogen-bond acceptors (Lipinski definition) is 3. The van der Waals surface area contributed by atoms with E-state index >= 15 is 0 Å². The van der Waals surface area contributed by atoms with Crippen LogP contribution >= 0.6 is 0 Å². The Balaban J connectivity index is 1.70. The first-order chi connectivity index (χ1) is 12.7. The molecule has 0 aromatic heterocycles. The fourth-order valence-corrected chi connectivity index (χ4v) is 3.24. The number of benzene rings is 1. The Kier molecular flexibility index (Phi) is 8.96. The smallest absolute Gasteiger partial charge is 0.222 e. The molecular formula is C20H33N5O. The van der Waals surface area contributed by atoms with Crippen molar-refractivity contribution in [3.63, 3.8) is 0 Å². The molecule has 26 heavy (non-hydrogen) atoms. The van der Waals surface area contributed by atoms with Crippen molar-refractivity contribution in [1.82, 2.24) is 20.9 Å². The molecule has 1 unspecified atom stereocenters. The molecule has 1 atom stereocenters. The minimum absolute atomic E-state index is 0.0464. The summed E-state index contributed by atoms with van der Waals surface area (Å²) in [4.78, 5) is 19.2. The predicted molar refractivity (Wildman–Crippen MR) is 107 cm³/mol. The molecule has 1 saturated heterocycles. The molecule has 1 fully saturated rings. The largest absolute Gasteiger partial charge is 0.357 e. The molecule has 1 amide bonds. The Hall–Kier alpha value is -2.08. The number of rotatable bonds is 9. The summed E-state index contributed by atoms with van der Waals surface area (Å²) < 4.78 is 0. The van der Waals surface area contributed by atoms with E-state index < -0.39 is 0 Å². The van der Waals surface area contributed by atoms with Gasteiger partial charge in [0.2, 0.25) is 5.91 Å². The number of hydrogen-bond donors (Lipinski definition) is 3. The highest BCUT2D eigenvalue weighted by Crippen LogP contribution is 2.16. The summed E-state index contributed by atoms with van der Waals surface area (Å²) in [5, 5.41) is 9.47. The number of nitrogens with zero attached hydrogens (tertiary/aromatic N) is 2. The lowest BCUT2D eigenvalue weighted by atomic mass is 10.2. The van der Waals surface area contributed by atoms with Gasteiger partial charge in [-0.1, -0.05) is 37.3 Å². The first-order valence-electron chi connectivity index (χ1n) is 9.79. The van der Waals surface area contributed by atoms with Gasteiger partial charge in [-0.05, 0) is 38.4 Å². The van der Waals surface area contributed by atoms with Crippen LogP contribution in [0.2, 0.25) is 0 Å². The van der Waals surface area contributed by atoms with Crippen LogP contribution in [0.5, 0.6) is 0 Å². The number of aliphatic imine (C=N–C) groups is 1. The number of carbonyl (C=O) groups is 1.